The van der Waals surface area contributed by atoms with Crippen molar-refractivity contribution in [1.82, 2.24) is 10.0 Å². The molecule has 3 aromatic rings. The van der Waals surface area contributed by atoms with E-state index in [9.17, 15) is 10.0 Å². The molecule has 1 amide bonds. The summed E-state index contributed by atoms with van der Waals surface area (Å²) in [4.78, 5) is 16.4. The second-order valence-electron chi connectivity index (χ2n) is 9.06. The van der Waals surface area contributed by atoms with Crippen molar-refractivity contribution in [3.63, 3.8) is 0 Å². The van der Waals surface area contributed by atoms with Crippen LogP contribution in [0.1, 0.15) is 55.9 Å². The average molecular weight is 476 g/mol. The minimum Gasteiger partial charge on any atom is -0.487 e. The van der Waals surface area contributed by atoms with Crippen LogP contribution < -0.4 is 4.74 Å². The van der Waals surface area contributed by atoms with Gasteiger partial charge in [0.2, 0.25) is 5.91 Å². The molecule has 2 N–H and O–H groups in total. The first-order chi connectivity index (χ1) is 17.0. The lowest BCUT2D eigenvalue weighted by Gasteiger charge is -2.28. The number of ether oxygens (including phenoxy) is 2. The minimum atomic E-state index is -0.522. The van der Waals surface area contributed by atoms with Crippen molar-refractivity contribution in [3.8, 4) is 5.75 Å². The fraction of sp³-hybridized carbons (Fsp3) is 0.393. The Morgan fingerprint density at radius 1 is 1.09 bits per heavy atom. The SMILES string of the molecule is CN(O)C(=O)CCOC(C(=N)C1CCCCC1)c1ccc(OCc2ccc3ccccc3n2)cc1. The Morgan fingerprint density at radius 2 is 1.83 bits per heavy atom. The molecule has 2 aromatic carbocycles. The summed E-state index contributed by atoms with van der Waals surface area (Å²) in [6.07, 6.45) is 5.00. The predicted molar refractivity (Wildman–Crippen MR) is 135 cm³/mol. The number of fused-ring (bicyclic) bond motifs is 1. The third kappa shape index (κ3) is 6.65. The first-order valence-electron chi connectivity index (χ1n) is 12.2. The van der Waals surface area contributed by atoms with Gasteiger partial charge in [-0.25, -0.2) is 10.0 Å². The van der Waals surface area contributed by atoms with Crippen LogP contribution in [-0.2, 0) is 16.1 Å². The molecule has 1 fully saturated rings. The zero-order chi connectivity index (χ0) is 24.6. The fourth-order valence-electron chi connectivity index (χ4n) is 4.50. The molecular formula is C28H33N3O4. The van der Waals surface area contributed by atoms with Gasteiger partial charge in [0.1, 0.15) is 18.5 Å². The Balaban J connectivity index is 1.42. The lowest BCUT2D eigenvalue weighted by Crippen LogP contribution is -2.28. The number of para-hydroxylation sites is 1. The summed E-state index contributed by atoms with van der Waals surface area (Å²) in [5.74, 6) is 0.489. The molecule has 1 heterocycles. The molecule has 1 aliphatic carbocycles. The summed E-state index contributed by atoms with van der Waals surface area (Å²) in [6.45, 7) is 0.494. The van der Waals surface area contributed by atoms with E-state index in [0.29, 0.717) is 23.1 Å². The van der Waals surface area contributed by atoms with Crippen LogP contribution in [0.15, 0.2) is 60.7 Å². The third-order valence-corrected chi connectivity index (χ3v) is 6.51. The Morgan fingerprint density at radius 3 is 2.57 bits per heavy atom. The molecule has 0 aliphatic heterocycles. The van der Waals surface area contributed by atoms with E-state index in [-0.39, 0.29) is 18.9 Å². The number of hydrogen-bond donors (Lipinski definition) is 2. The molecule has 184 valence electrons. The smallest absolute Gasteiger partial charge is 0.247 e. The second-order valence-corrected chi connectivity index (χ2v) is 9.06. The van der Waals surface area contributed by atoms with E-state index in [1.807, 2.05) is 60.7 Å². The van der Waals surface area contributed by atoms with Crippen LogP contribution >= 0.6 is 0 Å². The van der Waals surface area contributed by atoms with Crippen LogP contribution in [0.4, 0.5) is 0 Å². The van der Waals surface area contributed by atoms with Gasteiger partial charge in [0.15, 0.2) is 0 Å². The molecule has 0 saturated heterocycles. The van der Waals surface area contributed by atoms with E-state index in [0.717, 1.165) is 47.8 Å². The minimum absolute atomic E-state index is 0.0569. The normalized spacial score (nSPS) is 15.0. The summed E-state index contributed by atoms with van der Waals surface area (Å²) in [7, 11) is 1.30. The molecule has 0 radical (unpaired) electrons. The predicted octanol–water partition coefficient (Wildman–Crippen LogP) is 5.71. The van der Waals surface area contributed by atoms with E-state index in [2.05, 4.69) is 4.98 Å². The van der Waals surface area contributed by atoms with Crippen LogP contribution in [-0.4, -0.2) is 40.5 Å². The van der Waals surface area contributed by atoms with Gasteiger partial charge in [-0.05, 0) is 48.6 Å². The molecule has 0 spiro atoms. The molecule has 1 saturated carbocycles. The molecule has 35 heavy (non-hydrogen) atoms. The van der Waals surface area contributed by atoms with Crippen molar-refractivity contribution in [2.45, 2.75) is 51.2 Å². The number of pyridine rings is 1. The first kappa shape index (κ1) is 24.8. The third-order valence-electron chi connectivity index (χ3n) is 6.51. The van der Waals surface area contributed by atoms with Gasteiger partial charge in [-0.2, -0.15) is 0 Å². The molecule has 1 atom stereocenters. The first-order valence-corrected chi connectivity index (χ1v) is 12.2. The number of carbonyl (C=O) groups excluding carboxylic acids is 1. The number of rotatable bonds is 10. The van der Waals surface area contributed by atoms with Gasteiger partial charge in [0, 0.05) is 18.1 Å². The van der Waals surface area contributed by atoms with Gasteiger partial charge in [0.25, 0.3) is 0 Å². The highest BCUT2D eigenvalue weighted by Crippen LogP contribution is 2.32. The van der Waals surface area contributed by atoms with Crippen molar-refractivity contribution < 1.29 is 19.5 Å². The Labute approximate surface area is 206 Å². The lowest BCUT2D eigenvalue weighted by atomic mass is 9.82. The average Bonchev–Trinajstić information content (AvgIpc) is 2.90. The maximum absolute atomic E-state index is 11.8. The van der Waals surface area contributed by atoms with Gasteiger partial charge >= 0.3 is 0 Å². The van der Waals surface area contributed by atoms with Crippen molar-refractivity contribution in [2.24, 2.45) is 5.92 Å². The van der Waals surface area contributed by atoms with Gasteiger partial charge in [0.05, 0.1) is 24.2 Å². The molecule has 0 bridgehead atoms. The number of hydrogen-bond acceptors (Lipinski definition) is 6. The van der Waals surface area contributed by atoms with Gasteiger partial charge in [-0.1, -0.05) is 55.7 Å². The molecule has 1 aliphatic rings. The highest BCUT2D eigenvalue weighted by atomic mass is 16.5. The maximum Gasteiger partial charge on any atom is 0.247 e. The van der Waals surface area contributed by atoms with Crippen LogP contribution in [0.2, 0.25) is 0 Å². The molecular weight excluding hydrogens is 442 g/mol. The Bertz CT molecular complexity index is 1140. The summed E-state index contributed by atoms with van der Waals surface area (Å²) in [5.41, 5.74) is 3.22. The van der Waals surface area contributed by atoms with Gasteiger partial charge < -0.3 is 14.9 Å². The van der Waals surface area contributed by atoms with E-state index in [1.165, 1.54) is 13.5 Å². The summed E-state index contributed by atoms with van der Waals surface area (Å²) in [5, 5.41) is 19.8. The van der Waals surface area contributed by atoms with Gasteiger partial charge in [-0.15, -0.1) is 0 Å². The van der Waals surface area contributed by atoms with Crippen molar-refractivity contribution in [3.05, 3.63) is 71.9 Å². The number of hydroxylamine groups is 2. The zero-order valence-electron chi connectivity index (χ0n) is 20.2. The summed E-state index contributed by atoms with van der Waals surface area (Å²) in [6, 6.07) is 19.6. The topological polar surface area (TPSA) is 95.7 Å². The molecule has 7 nitrogen and oxygen atoms in total. The monoisotopic (exact) mass is 475 g/mol. The summed E-state index contributed by atoms with van der Waals surface area (Å²) < 4.78 is 12.0. The lowest BCUT2D eigenvalue weighted by molar-refractivity contribution is -0.160. The van der Waals surface area contributed by atoms with Crippen LogP contribution in [0.3, 0.4) is 0 Å². The zero-order valence-corrected chi connectivity index (χ0v) is 20.2. The summed E-state index contributed by atoms with van der Waals surface area (Å²) >= 11 is 0. The largest absolute Gasteiger partial charge is 0.487 e. The van der Waals surface area contributed by atoms with E-state index in [1.54, 1.807) is 0 Å². The highest BCUT2D eigenvalue weighted by Gasteiger charge is 2.27. The number of benzene rings is 2. The van der Waals surface area contributed by atoms with E-state index >= 15 is 0 Å². The molecule has 1 aromatic heterocycles. The van der Waals surface area contributed by atoms with Crippen LogP contribution in [0.5, 0.6) is 5.75 Å². The number of aromatic nitrogens is 1. The van der Waals surface area contributed by atoms with E-state index in [4.69, 9.17) is 14.9 Å². The van der Waals surface area contributed by atoms with Crippen molar-refractivity contribution >= 4 is 22.5 Å². The van der Waals surface area contributed by atoms with Crippen molar-refractivity contribution in [1.29, 1.82) is 5.41 Å². The van der Waals surface area contributed by atoms with E-state index < -0.39 is 12.0 Å². The standard InChI is InChI=1S/C28H33N3O4/c1-31(33)26(32)17-18-34-28(27(29)21-8-3-2-4-9-21)22-12-15-24(16-13-22)35-19-23-14-11-20-7-5-6-10-25(20)30-23/h5-7,10-16,21,28-29,33H,2-4,8-9,17-19H2,1H3. The fourth-order valence-corrected chi connectivity index (χ4v) is 4.50. The maximum atomic E-state index is 11.8. The molecule has 4 rings (SSSR count). The quantitative estimate of drug-likeness (QED) is 0.222. The highest BCUT2D eigenvalue weighted by molar-refractivity contribution is 5.89. The Kier molecular flexibility index (Phi) is 8.45. The molecule has 7 heteroatoms. The number of nitrogens with one attached hydrogen (secondary N) is 1. The Hall–Kier alpha value is -3.29. The van der Waals surface area contributed by atoms with Crippen LogP contribution in [0, 0.1) is 11.3 Å². The molecule has 1 unspecified atom stereocenters. The van der Waals surface area contributed by atoms with Gasteiger partial charge in [-0.3, -0.25) is 10.0 Å². The number of amides is 1. The number of carbonyl (C=O) groups is 1. The van der Waals surface area contributed by atoms with Crippen LogP contribution in [0.25, 0.3) is 10.9 Å². The van der Waals surface area contributed by atoms with Crippen molar-refractivity contribution in [2.75, 3.05) is 13.7 Å². The number of nitrogens with zero attached hydrogens (tertiary/aromatic N) is 2. The second kappa shape index (κ2) is 11.9.